The van der Waals surface area contributed by atoms with Crippen LogP contribution in [0, 0.1) is 0 Å². The van der Waals surface area contributed by atoms with Crippen LogP contribution in [0.2, 0.25) is 0 Å². The van der Waals surface area contributed by atoms with Gasteiger partial charge in [0, 0.05) is 6.54 Å². The summed E-state index contributed by atoms with van der Waals surface area (Å²) in [6, 6.07) is -0.362. The van der Waals surface area contributed by atoms with E-state index in [1.165, 1.54) is 0 Å². The van der Waals surface area contributed by atoms with Crippen LogP contribution in [0.1, 0.15) is 26.7 Å². The molecule has 0 saturated heterocycles. The van der Waals surface area contributed by atoms with Gasteiger partial charge in [0.05, 0.1) is 0 Å². The molecule has 0 aliphatic heterocycles. The van der Waals surface area contributed by atoms with Crippen LogP contribution in [0.4, 0.5) is 0 Å². The molecule has 0 fully saturated rings. The first-order valence-electron chi connectivity index (χ1n) is 4.56. The molecule has 1 N–H and O–H groups in total. The lowest BCUT2D eigenvalue weighted by Gasteiger charge is -2.23. The lowest BCUT2D eigenvalue weighted by atomic mass is 10.1. The Kier molecular flexibility index (Phi) is 5.39. The second-order valence-corrected chi connectivity index (χ2v) is 3.45. The minimum absolute atomic E-state index is 0.362. The van der Waals surface area contributed by atoms with Crippen LogP contribution in [0.3, 0.4) is 0 Å². The lowest BCUT2D eigenvalue weighted by molar-refractivity contribution is -0.142. The highest BCUT2D eigenvalue weighted by Crippen LogP contribution is 2.05. The van der Waals surface area contributed by atoms with Gasteiger partial charge in [-0.2, -0.15) is 0 Å². The fourth-order valence-electron chi connectivity index (χ4n) is 1.20. The van der Waals surface area contributed by atoms with Gasteiger partial charge in [-0.05, 0) is 26.8 Å². The van der Waals surface area contributed by atoms with Crippen LogP contribution in [-0.2, 0) is 4.79 Å². The Morgan fingerprint density at radius 3 is 2.46 bits per heavy atom. The van der Waals surface area contributed by atoms with Crippen molar-refractivity contribution >= 4 is 5.97 Å². The van der Waals surface area contributed by atoms with E-state index in [2.05, 4.69) is 6.58 Å². The molecule has 13 heavy (non-hydrogen) atoms. The summed E-state index contributed by atoms with van der Waals surface area (Å²) < 4.78 is 0. The van der Waals surface area contributed by atoms with Crippen LogP contribution in [0.5, 0.6) is 0 Å². The predicted molar refractivity (Wildman–Crippen MR) is 53.8 cm³/mol. The van der Waals surface area contributed by atoms with E-state index in [9.17, 15) is 4.79 Å². The van der Waals surface area contributed by atoms with Gasteiger partial charge in [-0.25, -0.2) is 0 Å². The van der Waals surface area contributed by atoms with Gasteiger partial charge in [0.25, 0.3) is 0 Å². The topological polar surface area (TPSA) is 40.5 Å². The Bertz CT molecular complexity index is 189. The molecule has 0 amide bonds. The molecule has 0 heterocycles. The number of likely N-dealkylation sites (N-methyl/N-ethyl adjacent to an activating group) is 1. The molecular weight excluding hydrogens is 166 g/mol. The van der Waals surface area contributed by atoms with Crippen LogP contribution >= 0.6 is 0 Å². The molecule has 1 atom stereocenters. The van der Waals surface area contributed by atoms with Crippen LogP contribution in [0.15, 0.2) is 12.2 Å². The molecule has 76 valence electrons. The van der Waals surface area contributed by atoms with Gasteiger partial charge in [-0.15, -0.1) is 6.58 Å². The normalized spacial score (nSPS) is 12.9. The molecule has 0 bridgehead atoms. The van der Waals surface area contributed by atoms with Crippen LogP contribution < -0.4 is 0 Å². The molecular formula is C10H19NO2. The standard InChI is InChI=1S/C10H19NO2/c1-5-9(10(12)13)11(4)7-6-8(2)3/h9H,2,5-7H2,1,3-4H3,(H,12,13). The molecule has 0 aliphatic carbocycles. The van der Waals surface area contributed by atoms with E-state index in [1.54, 1.807) is 0 Å². The van der Waals surface area contributed by atoms with Crippen molar-refractivity contribution in [1.82, 2.24) is 4.90 Å². The fraction of sp³-hybridized carbons (Fsp3) is 0.700. The number of aliphatic carboxylic acids is 1. The average molecular weight is 185 g/mol. The van der Waals surface area contributed by atoms with Gasteiger partial charge >= 0.3 is 5.97 Å². The fourth-order valence-corrected chi connectivity index (χ4v) is 1.20. The zero-order valence-electron chi connectivity index (χ0n) is 8.71. The third-order valence-corrected chi connectivity index (χ3v) is 2.10. The minimum atomic E-state index is -0.744. The van der Waals surface area contributed by atoms with E-state index >= 15 is 0 Å². The highest BCUT2D eigenvalue weighted by Gasteiger charge is 2.19. The van der Waals surface area contributed by atoms with Crippen molar-refractivity contribution < 1.29 is 9.90 Å². The van der Waals surface area contributed by atoms with Gasteiger partial charge in [0.15, 0.2) is 0 Å². The minimum Gasteiger partial charge on any atom is -0.480 e. The first-order valence-corrected chi connectivity index (χ1v) is 4.56. The predicted octanol–water partition coefficient (Wildman–Crippen LogP) is 1.75. The zero-order valence-corrected chi connectivity index (χ0v) is 8.71. The molecule has 0 saturated carbocycles. The van der Waals surface area contributed by atoms with Crippen molar-refractivity contribution in [3.63, 3.8) is 0 Å². The largest absolute Gasteiger partial charge is 0.480 e. The summed E-state index contributed by atoms with van der Waals surface area (Å²) >= 11 is 0. The van der Waals surface area contributed by atoms with Crippen molar-refractivity contribution in [3.8, 4) is 0 Å². The molecule has 0 radical (unpaired) electrons. The summed E-state index contributed by atoms with van der Waals surface area (Å²) in [5.74, 6) is -0.744. The number of carbonyl (C=O) groups is 1. The van der Waals surface area contributed by atoms with Crippen molar-refractivity contribution in [3.05, 3.63) is 12.2 Å². The number of rotatable bonds is 6. The summed E-state index contributed by atoms with van der Waals surface area (Å²) in [6.07, 6.45) is 1.50. The monoisotopic (exact) mass is 185 g/mol. The Labute approximate surface area is 80.0 Å². The SMILES string of the molecule is C=C(C)CCN(C)C(CC)C(=O)O. The Hall–Kier alpha value is -0.830. The summed E-state index contributed by atoms with van der Waals surface area (Å²) in [5.41, 5.74) is 1.09. The number of carboxylic acids is 1. The highest BCUT2D eigenvalue weighted by molar-refractivity contribution is 5.73. The Morgan fingerprint density at radius 1 is 1.62 bits per heavy atom. The van der Waals surface area contributed by atoms with Gasteiger partial charge < -0.3 is 5.11 Å². The van der Waals surface area contributed by atoms with Crippen LogP contribution in [0.25, 0.3) is 0 Å². The molecule has 0 aromatic carbocycles. The van der Waals surface area contributed by atoms with Crippen LogP contribution in [-0.4, -0.2) is 35.6 Å². The van der Waals surface area contributed by atoms with Crippen molar-refractivity contribution in [2.45, 2.75) is 32.7 Å². The van der Waals surface area contributed by atoms with E-state index in [4.69, 9.17) is 5.11 Å². The van der Waals surface area contributed by atoms with E-state index in [1.807, 2.05) is 25.8 Å². The second kappa shape index (κ2) is 5.75. The zero-order chi connectivity index (χ0) is 10.4. The number of carboxylic acid groups (broad SMARTS) is 1. The molecule has 0 aromatic heterocycles. The Morgan fingerprint density at radius 2 is 2.15 bits per heavy atom. The van der Waals surface area contributed by atoms with E-state index in [-0.39, 0.29) is 6.04 Å². The second-order valence-electron chi connectivity index (χ2n) is 3.45. The quantitative estimate of drug-likeness (QED) is 0.641. The van der Waals surface area contributed by atoms with Gasteiger partial charge in [0.1, 0.15) is 6.04 Å². The maximum Gasteiger partial charge on any atom is 0.320 e. The third-order valence-electron chi connectivity index (χ3n) is 2.10. The molecule has 0 rings (SSSR count). The molecule has 3 nitrogen and oxygen atoms in total. The maximum absolute atomic E-state index is 10.8. The van der Waals surface area contributed by atoms with E-state index < -0.39 is 5.97 Å². The lowest BCUT2D eigenvalue weighted by Crippen LogP contribution is -2.38. The molecule has 0 spiro atoms. The summed E-state index contributed by atoms with van der Waals surface area (Å²) in [4.78, 5) is 12.6. The van der Waals surface area contributed by atoms with Gasteiger partial charge in [-0.1, -0.05) is 12.5 Å². The van der Waals surface area contributed by atoms with E-state index in [0.29, 0.717) is 6.42 Å². The Balaban J connectivity index is 3.98. The van der Waals surface area contributed by atoms with Crippen molar-refractivity contribution in [2.24, 2.45) is 0 Å². The molecule has 1 unspecified atom stereocenters. The molecule has 0 aromatic rings. The third kappa shape index (κ3) is 4.68. The van der Waals surface area contributed by atoms with Crippen molar-refractivity contribution in [2.75, 3.05) is 13.6 Å². The summed E-state index contributed by atoms with van der Waals surface area (Å²) in [7, 11) is 1.84. The smallest absolute Gasteiger partial charge is 0.320 e. The first kappa shape index (κ1) is 12.2. The molecule has 3 heteroatoms. The first-order chi connectivity index (χ1) is 5.99. The number of hydrogen-bond acceptors (Lipinski definition) is 2. The van der Waals surface area contributed by atoms with Gasteiger partial charge in [0.2, 0.25) is 0 Å². The summed E-state index contributed by atoms with van der Waals surface area (Å²) in [5, 5.41) is 8.84. The summed E-state index contributed by atoms with van der Waals surface area (Å²) in [6.45, 7) is 8.39. The number of nitrogens with zero attached hydrogens (tertiary/aromatic N) is 1. The number of hydrogen-bond donors (Lipinski definition) is 1. The van der Waals surface area contributed by atoms with E-state index in [0.717, 1.165) is 18.5 Å². The maximum atomic E-state index is 10.8. The highest BCUT2D eigenvalue weighted by atomic mass is 16.4. The van der Waals surface area contributed by atoms with Gasteiger partial charge in [-0.3, -0.25) is 9.69 Å². The average Bonchev–Trinajstić information content (AvgIpc) is 2.01. The van der Waals surface area contributed by atoms with Crippen molar-refractivity contribution in [1.29, 1.82) is 0 Å². The molecule has 0 aliphatic rings.